The summed E-state index contributed by atoms with van der Waals surface area (Å²) in [5.41, 5.74) is 3.43. The summed E-state index contributed by atoms with van der Waals surface area (Å²) < 4.78 is 0. The van der Waals surface area contributed by atoms with E-state index in [1.807, 2.05) is 4.90 Å². The summed E-state index contributed by atoms with van der Waals surface area (Å²) >= 11 is 0. The van der Waals surface area contributed by atoms with Crippen LogP contribution in [0.1, 0.15) is 11.1 Å². The van der Waals surface area contributed by atoms with Crippen LogP contribution in [-0.2, 0) is 11.2 Å². The maximum Gasteiger partial charge on any atom is 0.227 e. The molecule has 2 aromatic rings. The molecule has 4 heteroatoms. The quantitative estimate of drug-likeness (QED) is 0.947. The maximum absolute atomic E-state index is 12.4. The lowest BCUT2D eigenvalue weighted by Crippen LogP contribution is -2.49. The van der Waals surface area contributed by atoms with E-state index < -0.39 is 0 Å². The lowest BCUT2D eigenvalue weighted by Gasteiger charge is -2.36. The van der Waals surface area contributed by atoms with E-state index in [9.17, 15) is 9.90 Å². The number of hydrogen-bond acceptors (Lipinski definition) is 3. The largest absolute Gasteiger partial charge is 0.508 e. The van der Waals surface area contributed by atoms with E-state index in [-0.39, 0.29) is 11.7 Å². The number of nitrogens with zero attached hydrogens (tertiary/aromatic N) is 2. The Morgan fingerprint density at radius 3 is 2.39 bits per heavy atom. The van der Waals surface area contributed by atoms with Crippen LogP contribution in [0.5, 0.6) is 5.75 Å². The molecule has 2 aromatic carbocycles. The molecule has 1 heterocycles. The Hall–Kier alpha value is -2.49. The van der Waals surface area contributed by atoms with Gasteiger partial charge in [0.25, 0.3) is 0 Å². The Balaban J connectivity index is 1.56. The molecule has 1 saturated heterocycles. The SMILES string of the molecule is Cc1cccc(N2CCN(C(=O)Cc3ccc(O)cc3)CC2)c1. The number of rotatable bonds is 3. The molecule has 0 radical (unpaired) electrons. The van der Waals surface area contributed by atoms with Gasteiger partial charge in [-0.25, -0.2) is 0 Å². The molecule has 1 amide bonds. The number of aromatic hydroxyl groups is 1. The molecule has 120 valence electrons. The van der Waals surface area contributed by atoms with E-state index in [2.05, 4.69) is 36.1 Å². The van der Waals surface area contributed by atoms with Crippen LogP contribution in [0.2, 0.25) is 0 Å². The molecule has 0 aromatic heterocycles. The summed E-state index contributed by atoms with van der Waals surface area (Å²) in [5.74, 6) is 0.382. The molecule has 4 nitrogen and oxygen atoms in total. The number of hydrogen-bond donors (Lipinski definition) is 1. The topological polar surface area (TPSA) is 43.8 Å². The van der Waals surface area contributed by atoms with Crippen molar-refractivity contribution in [3.05, 3.63) is 59.7 Å². The Morgan fingerprint density at radius 2 is 1.74 bits per heavy atom. The summed E-state index contributed by atoms with van der Waals surface area (Å²) in [5, 5.41) is 9.30. The third kappa shape index (κ3) is 3.83. The van der Waals surface area contributed by atoms with Crippen molar-refractivity contribution >= 4 is 11.6 Å². The van der Waals surface area contributed by atoms with Crippen molar-refractivity contribution < 1.29 is 9.90 Å². The van der Waals surface area contributed by atoms with Gasteiger partial charge in [0.05, 0.1) is 6.42 Å². The van der Waals surface area contributed by atoms with E-state index in [0.29, 0.717) is 6.42 Å². The van der Waals surface area contributed by atoms with E-state index in [1.54, 1.807) is 24.3 Å². The molecular weight excluding hydrogens is 288 g/mol. The van der Waals surface area contributed by atoms with Crippen LogP contribution in [0.25, 0.3) is 0 Å². The van der Waals surface area contributed by atoms with Crippen molar-refractivity contribution in [1.29, 1.82) is 0 Å². The second-order valence-corrected chi connectivity index (χ2v) is 6.05. The van der Waals surface area contributed by atoms with Gasteiger partial charge in [-0.3, -0.25) is 4.79 Å². The molecular formula is C19H22N2O2. The number of amides is 1. The second-order valence-electron chi connectivity index (χ2n) is 6.05. The first-order valence-electron chi connectivity index (χ1n) is 7.99. The molecule has 0 saturated carbocycles. The zero-order valence-corrected chi connectivity index (χ0v) is 13.4. The average molecular weight is 310 g/mol. The van der Waals surface area contributed by atoms with E-state index in [0.717, 1.165) is 31.7 Å². The molecule has 1 N–H and O–H groups in total. The molecule has 3 rings (SSSR count). The fraction of sp³-hybridized carbons (Fsp3) is 0.316. The van der Waals surface area contributed by atoms with E-state index in [4.69, 9.17) is 0 Å². The van der Waals surface area contributed by atoms with Gasteiger partial charge >= 0.3 is 0 Å². The van der Waals surface area contributed by atoms with Gasteiger partial charge in [0.2, 0.25) is 5.91 Å². The minimum atomic E-state index is 0.152. The Kier molecular flexibility index (Phi) is 4.51. The van der Waals surface area contributed by atoms with Gasteiger partial charge in [-0.2, -0.15) is 0 Å². The molecule has 0 spiro atoms. The standard InChI is InChI=1S/C19H22N2O2/c1-15-3-2-4-17(13-15)20-9-11-21(12-10-20)19(23)14-16-5-7-18(22)8-6-16/h2-8,13,22H,9-12,14H2,1H3. The van der Waals surface area contributed by atoms with Crippen LogP contribution in [0, 0.1) is 6.92 Å². The van der Waals surface area contributed by atoms with E-state index >= 15 is 0 Å². The zero-order chi connectivity index (χ0) is 16.2. The first-order chi connectivity index (χ1) is 11.1. The van der Waals surface area contributed by atoms with Crippen molar-refractivity contribution in [2.45, 2.75) is 13.3 Å². The predicted molar refractivity (Wildman–Crippen MR) is 91.8 cm³/mol. The number of benzene rings is 2. The summed E-state index contributed by atoms with van der Waals surface area (Å²) in [6.07, 6.45) is 0.394. The highest BCUT2D eigenvalue weighted by Crippen LogP contribution is 2.18. The van der Waals surface area contributed by atoms with Crippen LogP contribution in [-0.4, -0.2) is 42.1 Å². The number of phenols is 1. The summed E-state index contributed by atoms with van der Waals surface area (Å²) in [6, 6.07) is 15.3. The molecule has 1 fully saturated rings. The average Bonchev–Trinajstić information content (AvgIpc) is 2.57. The highest BCUT2D eigenvalue weighted by molar-refractivity contribution is 5.79. The van der Waals surface area contributed by atoms with Gasteiger partial charge in [0.1, 0.15) is 5.75 Å². The number of piperazine rings is 1. The molecule has 0 atom stereocenters. The van der Waals surface area contributed by atoms with Gasteiger partial charge < -0.3 is 14.9 Å². The third-order valence-electron chi connectivity index (χ3n) is 4.29. The minimum absolute atomic E-state index is 0.152. The first-order valence-corrected chi connectivity index (χ1v) is 7.99. The van der Waals surface area contributed by atoms with Gasteiger partial charge in [-0.15, -0.1) is 0 Å². The van der Waals surface area contributed by atoms with Gasteiger partial charge in [-0.05, 0) is 42.3 Å². The van der Waals surface area contributed by atoms with Gasteiger partial charge in [0.15, 0.2) is 0 Å². The molecule has 23 heavy (non-hydrogen) atoms. The van der Waals surface area contributed by atoms with Crippen molar-refractivity contribution in [2.75, 3.05) is 31.1 Å². The Bertz CT molecular complexity index is 674. The summed E-state index contributed by atoms with van der Waals surface area (Å²) in [6.45, 7) is 5.34. The molecule has 0 aliphatic carbocycles. The summed E-state index contributed by atoms with van der Waals surface area (Å²) in [7, 11) is 0. The highest BCUT2D eigenvalue weighted by atomic mass is 16.3. The highest BCUT2D eigenvalue weighted by Gasteiger charge is 2.21. The predicted octanol–water partition coefficient (Wildman–Crippen LogP) is 2.59. The number of carbonyl (C=O) groups is 1. The molecule has 1 aliphatic rings. The Morgan fingerprint density at radius 1 is 1.04 bits per heavy atom. The third-order valence-corrected chi connectivity index (χ3v) is 4.29. The van der Waals surface area contributed by atoms with E-state index in [1.165, 1.54) is 11.3 Å². The summed E-state index contributed by atoms with van der Waals surface area (Å²) in [4.78, 5) is 16.7. The maximum atomic E-state index is 12.4. The van der Waals surface area contributed by atoms with Crippen LogP contribution < -0.4 is 4.90 Å². The minimum Gasteiger partial charge on any atom is -0.508 e. The zero-order valence-electron chi connectivity index (χ0n) is 13.4. The number of anilines is 1. The van der Waals surface area contributed by atoms with Gasteiger partial charge in [-0.1, -0.05) is 24.3 Å². The Labute approximate surface area is 137 Å². The number of aryl methyl sites for hydroxylation is 1. The molecule has 1 aliphatic heterocycles. The van der Waals surface area contributed by atoms with Crippen molar-refractivity contribution in [2.24, 2.45) is 0 Å². The lowest BCUT2D eigenvalue weighted by molar-refractivity contribution is -0.130. The van der Waals surface area contributed by atoms with Crippen LogP contribution >= 0.6 is 0 Å². The first kappa shape index (κ1) is 15.4. The monoisotopic (exact) mass is 310 g/mol. The lowest BCUT2D eigenvalue weighted by atomic mass is 10.1. The smallest absolute Gasteiger partial charge is 0.227 e. The van der Waals surface area contributed by atoms with Gasteiger partial charge in [0, 0.05) is 31.9 Å². The van der Waals surface area contributed by atoms with Crippen LogP contribution in [0.4, 0.5) is 5.69 Å². The van der Waals surface area contributed by atoms with Crippen LogP contribution in [0.15, 0.2) is 48.5 Å². The normalized spacial score (nSPS) is 14.8. The van der Waals surface area contributed by atoms with Crippen molar-refractivity contribution in [3.63, 3.8) is 0 Å². The fourth-order valence-electron chi connectivity index (χ4n) is 2.94. The van der Waals surface area contributed by atoms with Crippen molar-refractivity contribution in [3.8, 4) is 5.75 Å². The van der Waals surface area contributed by atoms with Crippen LogP contribution in [0.3, 0.4) is 0 Å². The molecule has 0 bridgehead atoms. The number of phenolic OH excluding ortho intramolecular Hbond substituents is 1. The molecule has 0 unspecified atom stereocenters. The second kappa shape index (κ2) is 6.73. The fourth-order valence-corrected chi connectivity index (χ4v) is 2.94. The van der Waals surface area contributed by atoms with Crippen molar-refractivity contribution in [1.82, 2.24) is 4.90 Å². The number of carbonyl (C=O) groups excluding carboxylic acids is 1.